The molecule has 0 amide bonds. The number of fused-ring (bicyclic) bond motifs is 1. The predicted octanol–water partition coefficient (Wildman–Crippen LogP) is 2.21. The Balaban J connectivity index is 2.43. The summed E-state index contributed by atoms with van der Waals surface area (Å²) in [5.74, 6) is -0.342. The highest BCUT2D eigenvalue weighted by Crippen LogP contribution is 2.17. The van der Waals surface area contributed by atoms with Crippen molar-refractivity contribution >= 4 is 16.9 Å². The van der Waals surface area contributed by atoms with Crippen molar-refractivity contribution < 1.29 is 9.53 Å². The fourth-order valence-corrected chi connectivity index (χ4v) is 1.76. The van der Waals surface area contributed by atoms with Crippen molar-refractivity contribution in [3.8, 4) is 6.07 Å². The maximum Gasteiger partial charge on any atom is 0.310 e. The molecule has 0 aliphatic carbocycles. The molecule has 0 spiro atoms. The Hall–Kier alpha value is -2.41. The molecule has 4 heteroatoms. The van der Waals surface area contributed by atoms with Crippen LogP contribution in [-0.4, -0.2) is 17.6 Å². The van der Waals surface area contributed by atoms with Crippen LogP contribution in [0.1, 0.15) is 18.2 Å². The van der Waals surface area contributed by atoms with Crippen LogP contribution >= 0.6 is 0 Å². The summed E-state index contributed by atoms with van der Waals surface area (Å²) in [6, 6.07) is 11.3. The number of aromatic nitrogens is 1. The first kappa shape index (κ1) is 12.1. The lowest BCUT2D eigenvalue weighted by molar-refractivity contribution is -0.142. The van der Waals surface area contributed by atoms with Crippen LogP contribution in [0.5, 0.6) is 0 Å². The van der Waals surface area contributed by atoms with Crippen molar-refractivity contribution in [2.75, 3.05) is 6.61 Å². The van der Waals surface area contributed by atoms with Crippen molar-refractivity contribution in [1.82, 2.24) is 4.98 Å². The van der Waals surface area contributed by atoms with Crippen LogP contribution in [0.4, 0.5) is 0 Å². The van der Waals surface area contributed by atoms with Gasteiger partial charge in [-0.2, -0.15) is 5.26 Å². The Morgan fingerprint density at radius 2 is 2.22 bits per heavy atom. The zero-order valence-electron chi connectivity index (χ0n) is 10.0. The normalized spacial score (nSPS) is 10.0. The fourth-order valence-electron chi connectivity index (χ4n) is 1.76. The zero-order chi connectivity index (χ0) is 13.0. The quantitative estimate of drug-likeness (QED) is 0.771. The third kappa shape index (κ3) is 2.46. The number of para-hydroxylation sites is 1. The van der Waals surface area contributed by atoms with Gasteiger partial charge in [0.1, 0.15) is 11.8 Å². The van der Waals surface area contributed by atoms with E-state index >= 15 is 0 Å². The van der Waals surface area contributed by atoms with Gasteiger partial charge in [0.15, 0.2) is 0 Å². The molecule has 1 aromatic carbocycles. The molecule has 0 saturated carbocycles. The van der Waals surface area contributed by atoms with E-state index in [2.05, 4.69) is 4.98 Å². The number of rotatable bonds is 3. The topological polar surface area (TPSA) is 63.0 Å². The highest BCUT2D eigenvalue weighted by molar-refractivity contribution is 5.82. The first-order valence-electron chi connectivity index (χ1n) is 5.69. The lowest BCUT2D eigenvalue weighted by Gasteiger charge is -2.05. The van der Waals surface area contributed by atoms with E-state index in [1.165, 1.54) is 0 Å². The van der Waals surface area contributed by atoms with E-state index in [4.69, 9.17) is 10.00 Å². The van der Waals surface area contributed by atoms with Gasteiger partial charge in [0, 0.05) is 10.9 Å². The van der Waals surface area contributed by atoms with Crippen LogP contribution in [0.2, 0.25) is 0 Å². The predicted molar refractivity (Wildman–Crippen MR) is 66.8 cm³/mol. The first-order chi connectivity index (χ1) is 8.74. The summed E-state index contributed by atoms with van der Waals surface area (Å²) in [5, 5.41) is 9.97. The number of hydrogen-bond acceptors (Lipinski definition) is 4. The van der Waals surface area contributed by atoms with Gasteiger partial charge < -0.3 is 4.74 Å². The minimum absolute atomic E-state index is 0.0779. The maximum atomic E-state index is 11.5. The SMILES string of the molecule is CCOC(=O)Cc1cc2ccccc2nc1C#N. The molecule has 0 aliphatic rings. The Morgan fingerprint density at radius 1 is 1.44 bits per heavy atom. The van der Waals surface area contributed by atoms with E-state index in [9.17, 15) is 4.79 Å². The van der Waals surface area contributed by atoms with Crippen molar-refractivity contribution in [3.05, 3.63) is 41.6 Å². The monoisotopic (exact) mass is 240 g/mol. The summed E-state index contributed by atoms with van der Waals surface area (Å²) in [6.07, 6.45) is 0.0779. The Labute approximate surface area is 105 Å². The number of nitrogens with zero attached hydrogens (tertiary/aromatic N) is 2. The van der Waals surface area contributed by atoms with Crippen LogP contribution in [0.15, 0.2) is 30.3 Å². The van der Waals surface area contributed by atoms with Gasteiger partial charge >= 0.3 is 5.97 Å². The number of pyridine rings is 1. The molecule has 18 heavy (non-hydrogen) atoms. The van der Waals surface area contributed by atoms with Crippen LogP contribution < -0.4 is 0 Å². The minimum Gasteiger partial charge on any atom is -0.466 e. The molecule has 0 aliphatic heterocycles. The smallest absolute Gasteiger partial charge is 0.310 e. The van der Waals surface area contributed by atoms with Crippen LogP contribution in [0.25, 0.3) is 10.9 Å². The third-order valence-electron chi connectivity index (χ3n) is 2.55. The Bertz CT molecular complexity index is 629. The second kappa shape index (κ2) is 5.28. The van der Waals surface area contributed by atoms with Gasteiger partial charge in [-0.1, -0.05) is 18.2 Å². The van der Waals surface area contributed by atoms with E-state index in [0.717, 1.165) is 10.9 Å². The molecule has 0 N–H and O–H groups in total. The summed E-state index contributed by atoms with van der Waals surface area (Å²) < 4.78 is 4.88. The molecule has 4 nitrogen and oxygen atoms in total. The van der Waals surface area contributed by atoms with Crippen LogP contribution in [0, 0.1) is 11.3 Å². The average Bonchev–Trinajstić information content (AvgIpc) is 2.38. The molecule has 1 heterocycles. The number of ether oxygens (including phenoxy) is 1. The molecular weight excluding hydrogens is 228 g/mol. The minimum atomic E-state index is -0.342. The number of nitriles is 1. The van der Waals surface area contributed by atoms with Crippen molar-refractivity contribution in [1.29, 1.82) is 5.26 Å². The third-order valence-corrected chi connectivity index (χ3v) is 2.55. The van der Waals surface area contributed by atoms with Crippen LogP contribution in [-0.2, 0) is 16.0 Å². The Kier molecular flexibility index (Phi) is 3.54. The van der Waals surface area contributed by atoms with Crippen molar-refractivity contribution in [2.24, 2.45) is 0 Å². The van der Waals surface area contributed by atoms with Gasteiger partial charge in [-0.3, -0.25) is 4.79 Å². The molecule has 1 aromatic heterocycles. The molecule has 0 bridgehead atoms. The molecule has 0 radical (unpaired) electrons. The second-order valence-corrected chi connectivity index (χ2v) is 3.78. The van der Waals surface area contributed by atoms with Gasteiger partial charge in [-0.05, 0) is 19.1 Å². The molecule has 90 valence electrons. The Morgan fingerprint density at radius 3 is 2.94 bits per heavy atom. The zero-order valence-corrected chi connectivity index (χ0v) is 10.0. The van der Waals surface area contributed by atoms with Gasteiger partial charge in [0.05, 0.1) is 18.5 Å². The number of carbonyl (C=O) groups is 1. The number of esters is 1. The summed E-state index contributed by atoms with van der Waals surface area (Å²) in [7, 11) is 0. The van der Waals surface area contributed by atoms with E-state index in [0.29, 0.717) is 12.2 Å². The highest BCUT2D eigenvalue weighted by Gasteiger charge is 2.11. The largest absolute Gasteiger partial charge is 0.466 e. The standard InChI is InChI=1S/C14H12N2O2/c1-2-18-14(17)8-11-7-10-5-3-4-6-12(10)16-13(11)9-15/h3-7H,2,8H2,1H3. The van der Waals surface area contributed by atoms with Gasteiger partial charge in [-0.15, -0.1) is 0 Å². The van der Waals surface area contributed by atoms with E-state index in [1.807, 2.05) is 36.4 Å². The first-order valence-corrected chi connectivity index (χ1v) is 5.69. The molecule has 2 rings (SSSR count). The van der Waals surface area contributed by atoms with E-state index in [1.54, 1.807) is 6.92 Å². The molecule has 0 unspecified atom stereocenters. The number of hydrogen-bond donors (Lipinski definition) is 0. The molecule has 2 aromatic rings. The maximum absolute atomic E-state index is 11.5. The average molecular weight is 240 g/mol. The molecule has 0 atom stereocenters. The summed E-state index contributed by atoms with van der Waals surface area (Å²) in [6.45, 7) is 2.09. The van der Waals surface area contributed by atoms with Gasteiger partial charge in [-0.25, -0.2) is 4.98 Å². The highest BCUT2D eigenvalue weighted by atomic mass is 16.5. The second-order valence-electron chi connectivity index (χ2n) is 3.78. The molecule has 0 saturated heterocycles. The lowest BCUT2D eigenvalue weighted by atomic mass is 10.1. The van der Waals surface area contributed by atoms with Gasteiger partial charge in [0.25, 0.3) is 0 Å². The van der Waals surface area contributed by atoms with E-state index in [-0.39, 0.29) is 18.1 Å². The number of carbonyl (C=O) groups excluding carboxylic acids is 1. The van der Waals surface area contributed by atoms with Gasteiger partial charge in [0.2, 0.25) is 0 Å². The molecule has 0 fully saturated rings. The fraction of sp³-hybridized carbons (Fsp3) is 0.214. The van der Waals surface area contributed by atoms with Crippen molar-refractivity contribution in [2.45, 2.75) is 13.3 Å². The molecular formula is C14H12N2O2. The lowest BCUT2D eigenvalue weighted by Crippen LogP contribution is -2.09. The summed E-state index contributed by atoms with van der Waals surface area (Å²) in [5.41, 5.74) is 1.64. The number of benzene rings is 1. The van der Waals surface area contributed by atoms with Crippen LogP contribution in [0.3, 0.4) is 0 Å². The summed E-state index contributed by atoms with van der Waals surface area (Å²) >= 11 is 0. The summed E-state index contributed by atoms with van der Waals surface area (Å²) in [4.78, 5) is 15.7. The van der Waals surface area contributed by atoms with Crippen molar-refractivity contribution in [3.63, 3.8) is 0 Å². The van der Waals surface area contributed by atoms with E-state index < -0.39 is 0 Å².